The first-order valence-corrected chi connectivity index (χ1v) is 6.97. The smallest absolute Gasteiger partial charge is 0.109 e. The SMILES string of the molecule is CCC1CCCC(C#N)(N2CCCCC2)C1. The predicted molar refractivity (Wildman–Crippen MR) is 66.0 cm³/mol. The molecule has 2 unspecified atom stereocenters. The molecular formula is C14H24N2. The number of hydrogen-bond donors (Lipinski definition) is 0. The first kappa shape index (κ1) is 11.9. The second kappa shape index (κ2) is 5.19. The monoisotopic (exact) mass is 220 g/mol. The molecule has 90 valence electrons. The Morgan fingerprint density at radius 3 is 2.62 bits per heavy atom. The molecule has 0 bridgehead atoms. The topological polar surface area (TPSA) is 27.0 Å². The van der Waals surface area contributed by atoms with Gasteiger partial charge >= 0.3 is 0 Å². The standard InChI is InChI=1S/C14H24N2/c1-2-13-7-6-8-14(11-13,12-15)16-9-4-3-5-10-16/h13H,2-11H2,1H3. The van der Waals surface area contributed by atoms with Gasteiger partial charge in [-0.2, -0.15) is 5.26 Å². The molecule has 1 aliphatic heterocycles. The molecule has 0 amide bonds. The Balaban J connectivity index is 2.08. The van der Waals surface area contributed by atoms with Gasteiger partial charge in [-0.15, -0.1) is 0 Å². The minimum absolute atomic E-state index is 0.0979. The molecule has 1 aliphatic carbocycles. The van der Waals surface area contributed by atoms with Gasteiger partial charge in [0.25, 0.3) is 0 Å². The summed E-state index contributed by atoms with van der Waals surface area (Å²) < 4.78 is 0. The summed E-state index contributed by atoms with van der Waals surface area (Å²) in [7, 11) is 0. The maximum Gasteiger partial charge on any atom is 0.109 e. The lowest BCUT2D eigenvalue weighted by atomic mass is 9.74. The number of nitriles is 1. The fraction of sp³-hybridized carbons (Fsp3) is 0.929. The van der Waals surface area contributed by atoms with Crippen LogP contribution in [0, 0.1) is 17.2 Å². The van der Waals surface area contributed by atoms with Crippen molar-refractivity contribution in [3.05, 3.63) is 0 Å². The normalized spacial score (nSPS) is 36.9. The van der Waals surface area contributed by atoms with E-state index in [1.54, 1.807) is 0 Å². The highest BCUT2D eigenvalue weighted by molar-refractivity contribution is 5.11. The predicted octanol–water partition coefficient (Wildman–Crippen LogP) is 3.33. The Morgan fingerprint density at radius 1 is 1.25 bits per heavy atom. The van der Waals surface area contributed by atoms with Gasteiger partial charge in [0.2, 0.25) is 0 Å². The van der Waals surface area contributed by atoms with Gasteiger partial charge in [0.1, 0.15) is 5.54 Å². The Morgan fingerprint density at radius 2 is 2.00 bits per heavy atom. The zero-order valence-electron chi connectivity index (χ0n) is 10.5. The van der Waals surface area contributed by atoms with Crippen LogP contribution in [0.3, 0.4) is 0 Å². The lowest BCUT2D eigenvalue weighted by Gasteiger charge is -2.45. The minimum atomic E-state index is -0.0979. The van der Waals surface area contributed by atoms with Crippen molar-refractivity contribution >= 4 is 0 Å². The zero-order chi connectivity index (χ0) is 11.4. The first-order valence-electron chi connectivity index (χ1n) is 6.97. The first-order chi connectivity index (χ1) is 7.80. The molecule has 1 saturated carbocycles. The summed E-state index contributed by atoms with van der Waals surface area (Å²) in [5, 5.41) is 9.62. The van der Waals surface area contributed by atoms with Gasteiger partial charge in [-0.05, 0) is 44.7 Å². The number of likely N-dealkylation sites (tertiary alicyclic amines) is 1. The van der Waals surface area contributed by atoms with Crippen molar-refractivity contribution in [2.24, 2.45) is 5.92 Å². The van der Waals surface area contributed by atoms with Crippen LogP contribution in [0.25, 0.3) is 0 Å². The second-order valence-corrected chi connectivity index (χ2v) is 5.56. The lowest BCUT2D eigenvalue weighted by molar-refractivity contribution is 0.0563. The van der Waals surface area contributed by atoms with E-state index in [4.69, 9.17) is 0 Å². The van der Waals surface area contributed by atoms with E-state index in [0.29, 0.717) is 0 Å². The summed E-state index contributed by atoms with van der Waals surface area (Å²) in [5.74, 6) is 0.787. The number of piperidine rings is 1. The van der Waals surface area contributed by atoms with Crippen LogP contribution in [0.1, 0.15) is 58.3 Å². The number of nitrogens with zero attached hydrogens (tertiary/aromatic N) is 2. The Hall–Kier alpha value is -0.550. The molecule has 2 atom stereocenters. The molecule has 16 heavy (non-hydrogen) atoms. The van der Waals surface area contributed by atoms with Crippen molar-refractivity contribution in [1.29, 1.82) is 5.26 Å². The molecular weight excluding hydrogens is 196 g/mol. The van der Waals surface area contributed by atoms with E-state index in [1.807, 2.05) is 0 Å². The van der Waals surface area contributed by atoms with Gasteiger partial charge in [0, 0.05) is 0 Å². The Bertz CT molecular complexity index is 262. The molecule has 2 rings (SSSR count). The fourth-order valence-electron chi connectivity index (χ4n) is 3.49. The van der Waals surface area contributed by atoms with Crippen molar-refractivity contribution < 1.29 is 0 Å². The van der Waals surface area contributed by atoms with Crippen LogP contribution in [0.5, 0.6) is 0 Å². The van der Waals surface area contributed by atoms with Crippen molar-refractivity contribution in [1.82, 2.24) is 4.90 Å². The summed E-state index contributed by atoms with van der Waals surface area (Å²) in [5.41, 5.74) is -0.0979. The molecule has 1 saturated heterocycles. The molecule has 2 aliphatic rings. The van der Waals surface area contributed by atoms with E-state index >= 15 is 0 Å². The average molecular weight is 220 g/mol. The van der Waals surface area contributed by atoms with Crippen LogP contribution in [0.4, 0.5) is 0 Å². The highest BCUT2D eigenvalue weighted by Crippen LogP contribution is 2.39. The van der Waals surface area contributed by atoms with Crippen molar-refractivity contribution in [3.8, 4) is 6.07 Å². The third-order valence-electron chi connectivity index (χ3n) is 4.58. The van der Waals surface area contributed by atoms with Crippen LogP contribution < -0.4 is 0 Å². The third-order valence-corrected chi connectivity index (χ3v) is 4.58. The Labute approximate surface area is 99.6 Å². The van der Waals surface area contributed by atoms with Crippen LogP contribution in [-0.2, 0) is 0 Å². The maximum atomic E-state index is 9.62. The van der Waals surface area contributed by atoms with E-state index in [2.05, 4.69) is 17.9 Å². The quantitative estimate of drug-likeness (QED) is 0.713. The van der Waals surface area contributed by atoms with Gasteiger partial charge in [0.05, 0.1) is 6.07 Å². The molecule has 0 N–H and O–H groups in total. The third kappa shape index (κ3) is 2.25. The van der Waals surface area contributed by atoms with E-state index in [9.17, 15) is 5.26 Å². The van der Waals surface area contributed by atoms with Crippen LogP contribution in [0.15, 0.2) is 0 Å². The Kier molecular flexibility index (Phi) is 3.86. The van der Waals surface area contributed by atoms with Crippen LogP contribution in [-0.4, -0.2) is 23.5 Å². The molecule has 0 aromatic heterocycles. The summed E-state index contributed by atoms with van der Waals surface area (Å²) in [4.78, 5) is 2.50. The zero-order valence-corrected chi connectivity index (χ0v) is 10.5. The molecule has 0 aromatic rings. The van der Waals surface area contributed by atoms with E-state index in [1.165, 1.54) is 38.5 Å². The minimum Gasteiger partial charge on any atom is -0.286 e. The van der Waals surface area contributed by atoms with Gasteiger partial charge in [-0.1, -0.05) is 32.6 Å². The lowest BCUT2D eigenvalue weighted by Crippen LogP contribution is -2.52. The summed E-state index contributed by atoms with van der Waals surface area (Å²) >= 11 is 0. The van der Waals surface area contributed by atoms with Gasteiger partial charge < -0.3 is 0 Å². The molecule has 2 fully saturated rings. The summed E-state index contributed by atoms with van der Waals surface area (Å²) in [6, 6.07) is 2.68. The van der Waals surface area contributed by atoms with Gasteiger partial charge in [0.15, 0.2) is 0 Å². The van der Waals surface area contributed by atoms with Gasteiger partial charge in [-0.3, -0.25) is 4.90 Å². The summed E-state index contributed by atoms with van der Waals surface area (Å²) in [6.45, 7) is 4.59. The van der Waals surface area contributed by atoms with Crippen LogP contribution in [0.2, 0.25) is 0 Å². The van der Waals surface area contributed by atoms with Crippen LogP contribution >= 0.6 is 0 Å². The average Bonchev–Trinajstić information content (AvgIpc) is 2.39. The molecule has 2 nitrogen and oxygen atoms in total. The highest BCUT2D eigenvalue weighted by atomic mass is 15.2. The van der Waals surface area contributed by atoms with Gasteiger partial charge in [-0.25, -0.2) is 0 Å². The molecule has 2 heteroatoms. The number of rotatable bonds is 2. The second-order valence-electron chi connectivity index (χ2n) is 5.56. The number of hydrogen-bond acceptors (Lipinski definition) is 2. The highest BCUT2D eigenvalue weighted by Gasteiger charge is 2.41. The molecule has 1 heterocycles. The van der Waals surface area contributed by atoms with E-state index in [-0.39, 0.29) is 5.54 Å². The molecule has 0 spiro atoms. The fourth-order valence-corrected chi connectivity index (χ4v) is 3.49. The van der Waals surface area contributed by atoms with Crippen molar-refractivity contribution in [3.63, 3.8) is 0 Å². The van der Waals surface area contributed by atoms with Crippen molar-refractivity contribution in [2.45, 2.75) is 63.8 Å². The van der Waals surface area contributed by atoms with E-state index < -0.39 is 0 Å². The largest absolute Gasteiger partial charge is 0.286 e. The molecule has 0 aromatic carbocycles. The van der Waals surface area contributed by atoms with Crippen molar-refractivity contribution in [2.75, 3.05) is 13.1 Å². The maximum absolute atomic E-state index is 9.62. The molecule has 0 radical (unpaired) electrons. The van der Waals surface area contributed by atoms with E-state index in [0.717, 1.165) is 31.8 Å². The summed E-state index contributed by atoms with van der Waals surface area (Å²) in [6.07, 6.45) is 10.0.